The number of hydrogen-bond donors (Lipinski definition) is 0. The van der Waals surface area contributed by atoms with Gasteiger partial charge in [-0.05, 0) is 43.6 Å². The fourth-order valence-corrected chi connectivity index (χ4v) is 6.55. The van der Waals surface area contributed by atoms with Crippen LogP contribution >= 0.6 is 0 Å². The molecular weight excluding hydrogens is 398 g/mol. The average molecular weight is 434 g/mol. The van der Waals surface area contributed by atoms with E-state index in [0.29, 0.717) is 31.8 Å². The maximum absolute atomic E-state index is 12.8. The molecule has 0 unspecified atom stereocenters. The number of likely N-dealkylation sites (tertiary alicyclic amines) is 1. The molecule has 0 radical (unpaired) electrons. The second kappa shape index (κ2) is 10.1. The number of carbonyl (C=O) groups excluding carboxylic acids is 2. The number of carbonyl (C=O) groups is 2. The molecule has 1 aromatic carbocycles. The molecule has 0 atom stereocenters. The van der Waals surface area contributed by atoms with Crippen LogP contribution in [-0.2, 0) is 21.1 Å². The SMILES string of the molecule is CC(C)Cc1ccc(C(=O)C2CCN(C(=O)CCS(=O)(=O)C3CCCC3)CC2)cc1. The highest BCUT2D eigenvalue weighted by Crippen LogP contribution is 2.26. The predicted molar refractivity (Wildman–Crippen MR) is 119 cm³/mol. The summed E-state index contributed by atoms with van der Waals surface area (Å²) in [6, 6.07) is 7.92. The lowest BCUT2D eigenvalue weighted by molar-refractivity contribution is -0.132. The van der Waals surface area contributed by atoms with Gasteiger partial charge in [-0.3, -0.25) is 9.59 Å². The minimum absolute atomic E-state index is 0.0436. The molecule has 1 aliphatic heterocycles. The molecule has 0 bridgehead atoms. The van der Waals surface area contributed by atoms with Crippen molar-refractivity contribution in [2.45, 2.75) is 70.5 Å². The van der Waals surface area contributed by atoms with Crippen molar-refractivity contribution in [3.05, 3.63) is 35.4 Å². The first-order valence-corrected chi connectivity index (χ1v) is 13.1. The molecule has 1 saturated heterocycles. The van der Waals surface area contributed by atoms with Gasteiger partial charge in [0.1, 0.15) is 0 Å². The van der Waals surface area contributed by atoms with Gasteiger partial charge in [-0.25, -0.2) is 8.42 Å². The quantitative estimate of drug-likeness (QED) is 0.580. The van der Waals surface area contributed by atoms with Gasteiger partial charge in [0.15, 0.2) is 15.6 Å². The van der Waals surface area contributed by atoms with Gasteiger partial charge in [0, 0.05) is 31.0 Å². The van der Waals surface area contributed by atoms with Crippen LogP contribution in [0.2, 0.25) is 0 Å². The van der Waals surface area contributed by atoms with Crippen molar-refractivity contribution in [1.29, 1.82) is 0 Å². The van der Waals surface area contributed by atoms with Crippen LogP contribution in [0.4, 0.5) is 0 Å². The summed E-state index contributed by atoms with van der Waals surface area (Å²) < 4.78 is 24.8. The Morgan fingerprint density at radius 2 is 1.60 bits per heavy atom. The van der Waals surface area contributed by atoms with Crippen LogP contribution in [0.1, 0.15) is 74.7 Å². The summed E-state index contributed by atoms with van der Waals surface area (Å²) in [5.41, 5.74) is 1.99. The monoisotopic (exact) mass is 433 g/mol. The van der Waals surface area contributed by atoms with E-state index in [1.807, 2.05) is 24.3 Å². The van der Waals surface area contributed by atoms with Crippen LogP contribution in [-0.4, -0.2) is 49.1 Å². The normalized spacial score (nSPS) is 18.8. The molecule has 1 aromatic rings. The molecule has 1 saturated carbocycles. The Hall–Kier alpha value is -1.69. The third-order valence-electron chi connectivity index (χ3n) is 6.51. The van der Waals surface area contributed by atoms with Crippen molar-refractivity contribution in [3.8, 4) is 0 Å². The summed E-state index contributed by atoms with van der Waals surface area (Å²) in [7, 11) is -3.17. The number of amides is 1. The molecule has 5 nitrogen and oxygen atoms in total. The summed E-state index contributed by atoms with van der Waals surface area (Å²) in [4.78, 5) is 27.1. The molecule has 30 heavy (non-hydrogen) atoms. The number of nitrogens with zero attached hydrogens (tertiary/aromatic N) is 1. The number of hydrogen-bond acceptors (Lipinski definition) is 4. The van der Waals surface area contributed by atoms with E-state index in [9.17, 15) is 18.0 Å². The highest BCUT2D eigenvalue weighted by Gasteiger charge is 2.31. The van der Waals surface area contributed by atoms with E-state index >= 15 is 0 Å². The molecule has 0 spiro atoms. The summed E-state index contributed by atoms with van der Waals surface area (Å²) in [6.45, 7) is 5.42. The number of benzene rings is 1. The fraction of sp³-hybridized carbons (Fsp3) is 0.667. The van der Waals surface area contributed by atoms with E-state index in [2.05, 4.69) is 13.8 Å². The van der Waals surface area contributed by atoms with E-state index in [4.69, 9.17) is 0 Å². The molecule has 1 aliphatic carbocycles. The maximum Gasteiger partial charge on any atom is 0.223 e. The average Bonchev–Trinajstić information content (AvgIpc) is 3.28. The number of sulfone groups is 1. The summed E-state index contributed by atoms with van der Waals surface area (Å²) in [5, 5.41) is -0.249. The Bertz CT molecular complexity index is 830. The third-order valence-corrected chi connectivity index (χ3v) is 8.77. The Kier molecular flexibility index (Phi) is 7.72. The Balaban J connectivity index is 1.46. The zero-order valence-corrected chi connectivity index (χ0v) is 19.1. The van der Waals surface area contributed by atoms with Crippen molar-refractivity contribution in [2.24, 2.45) is 11.8 Å². The lowest BCUT2D eigenvalue weighted by atomic mass is 9.88. The molecule has 3 rings (SSSR count). The lowest BCUT2D eigenvalue weighted by Gasteiger charge is -2.31. The van der Waals surface area contributed by atoms with Crippen molar-refractivity contribution < 1.29 is 18.0 Å². The minimum Gasteiger partial charge on any atom is -0.343 e. The van der Waals surface area contributed by atoms with Gasteiger partial charge in [0.2, 0.25) is 5.91 Å². The van der Waals surface area contributed by atoms with Crippen LogP contribution in [0.5, 0.6) is 0 Å². The number of ketones is 1. The smallest absolute Gasteiger partial charge is 0.223 e. The highest BCUT2D eigenvalue weighted by molar-refractivity contribution is 7.92. The van der Waals surface area contributed by atoms with Crippen molar-refractivity contribution >= 4 is 21.5 Å². The first-order chi connectivity index (χ1) is 14.3. The fourth-order valence-electron chi connectivity index (χ4n) is 4.71. The third kappa shape index (κ3) is 5.93. The van der Waals surface area contributed by atoms with Crippen LogP contribution in [0.15, 0.2) is 24.3 Å². The molecule has 166 valence electrons. The minimum atomic E-state index is -3.17. The molecule has 1 amide bonds. The molecule has 1 heterocycles. The predicted octanol–water partition coefficient (Wildman–Crippen LogP) is 4.05. The van der Waals surface area contributed by atoms with Gasteiger partial charge in [-0.2, -0.15) is 0 Å². The molecule has 0 aromatic heterocycles. The zero-order chi connectivity index (χ0) is 21.7. The van der Waals surface area contributed by atoms with Gasteiger partial charge in [0.25, 0.3) is 0 Å². The molecule has 2 aliphatic rings. The molecule has 0 N–H and O–H groups in total. The van der Waals surface area contributed by atoms with Crippen LogP contribution < -0.4 is 0 Å². The lowest BCUT2D eigenvalue weighted by Crippen LogP contribution is -2.41. The van der Waals surface area contributed by atoms with Gasteiger partial charge >= 0.3 is 0 Å². The number of rotatable bonds is 8. The van der Waals surface area contributed by atoms with Gasteiger partial charge in [-0.1, -0.05) is 51.0 Å². The van der Waals surface area contributed by atoms with Gasteiger partial charge < -0.3 is 4.90 Å². The van der Waals surface area contributed by atoms with Crippen LogP contribution in [0.25, 0.3) is 0 Å². The van der Waals surface area contributed by atoms with E-state index in [1.54, 1.807) is 4.90 Å². The number of piperidine rings is 1. The zero-order valence-electron chi connectivity index (χ0n) is 18.3. The van der Waals surface area contributed by atoms with Crippen molar-refractivity contribution in [1.82, 2.24) is 4.90 Å². The largest absolute Gasteiger partial charge is 0.343 e. The summed E-state index contributed by atoms with van der Waals surface area (Å²) >= 11 is 0. The Labute approximate surface area is 181 Å². The summed E-state index contributed by atoms with van der Waals surface area (Å²) in [5.74, 6) is 0.536. The highest BCUT2D eigenvalue weighted by atomic mass is 32.2. The van der Waals surface area contributed by atoms with E-state index in [-0.39, 0.29) is 35.0 Å². The number of Topliss-reactive ketones (excluding diaryl/α,β-unsaturated/α-hetero) is 1. The van der Waals surface area contributed by atoms with E-state index < -0.39 is 9.84 Å². The van der Waals surface area contributed by atoms with E-state index in [1.165, 1.54) is 5.56 Å². The molecule has 6 heteroatoms. The first-order valence-electron chi connectivity index (χ1n) is 11.4. The Morgan fingerprint density at radius 1 is 1.00 bits per heavy atom. The van der Waals surface area contributed by atoms with Crippen molar-refractivity contribution in [2.75, 3.05) is 18.8 Å². The standard InChI is InChI=1S/C24H35NO4S/c1-18(2)17-19-7-9-20(10-8-19)24(27)21-11-14-25(15-12-21)23(26)13-16-30(28,29)22-5-3-4-6-22/h7-10,18,21-22H,3-6,11-17H2,1-2H3. The van der Waals surface area contributed by atoms with Crippen LogP contribution in [0, 0.1) is 11.8 Å². The molecule has 2 fully saturated rings. The second-order valence-electron chi connectivity index (χ2n) is 9.34. The molecular formula is C24H35NO4S. The van der Waals surface area contributed by atoms with Gasteiger partial charge in [-0.15, -0.1) is 0 Å². The first kappa shape index (κ1) is 23.0. The van der Waals surface area contributed by atoms with E-state index in [0.717, 1.165) is 37.7 Å². The summed E-state index contributed by atoms with van der Waals surface area (Å²) in [6.07, 6.45) is 5.78. The maximum atomic E-state index is 12.8. The van der Waals surface area contributed by atoms with Crippen molar-refractivity contribution in [3.63, 3.8) is 0 Å². The topological polar surface area (TPSA) is 71.5 Å². The Morgan fingerprint density at radius 3 is 2.17 bits per heavy atom. The van der Waals surface area contributed by atoms with Crippen LogP contribution in [0.3, 0.4) is 0 Å². The van der Waals surface area contributed by atoms with Gasteiger partial charge in [0.05, 0.1) is 11.0 Å². The second-order valence-corrected chi connectivity index (χ2v) is 11.7.